The molecular formula is C25H24F3N7O3. The molecule has 1 N–H and O–H groups in total. The van der Waals surface area contributed by atoms with E-state index in [1.54, 1.807) is 13.8 Å². The highest BCUT2D eigenvalue weighted by Crippen LogP contribution is 2.32. The minimum atomic E-state index is -0.734. The van der Waals surface area contributed by atoms with E-state index in [1.807, 2.05) is 0 Å². The topological polar surface area (TPSA) is 105 Å². The van der Waals surface area contributed by atoms with Crippen molar-refractivity contribution < 1.29 is 27.5 Å². The minimum absolute atomic E-state index is 0.0620. The van der Waals surface area contributed by atoms with Gasteiger partial charge in [0.1, 0.15) is 17.7 Å². The van der Waals surface area contributed by atoms with Gasteiger partial charge in [0.2, 0.25) is 5.91 Å². The molecule has 2 aromatic heterocycles. The SMILES string of the molecule is CC(=O)Nc1c(C)nn(-c2cc(OC3CN(C(=O)N4N=CC[C@H]4c4cc(F)cc(F)c4)C3)c(F)cn2)c1C. The van der Waals surface area contributed by atoms with Gasteiger partial charge in [0.15, 0.2) is 17.4 Å². The molecule has 10 nitrogen and oxygen atoms in total. The average molecular weight is 528 g/mol. The Kier molecular flexibility index (Phi) is 6.51. The molecule has 1 aromatic carbocycles. The summed E-state index contributed by atoms with van der Waals surface area (Å²) in [6.07, 6.45) is 2.37. The van der Waals surface area contributed by atoms with Crippen molar-refractivity contribution >= 4 is 23.8 Å². The predicted molar refractivity (Wildman–Crippen MR) is 131 cm³/mol. The summed E-state index contributed by atoms with van der Waals surface area (Å²) in [5, 5.41) is 12.4. The van der Waals surface area contributed by atoms with Crippen LogP contribution in [-0.4, -0.2) is 62.0 Å². The van der Waals surface area contributed by atoms with Gasteiger partial charge in [0.05, 0.1) is 42.4 Å². The number of hydrogen-bond acceptors (Lipinski definition) is 6. The van der Waals surface area contributed by atoms with Gasteiger partial charge < -0.3 is 15.0 Å². The zero-order chi connectivity index (χ0) is 27.1. The van der Waals surface area contributed by atoms with Crippen molar-refractivity contribution in [3.05, 3.63) is 64.9 Å². The molecule has 0 aliphatic carbocycles. The van der Waals surface area contributed by atoms with Crippen molar-refractivity contribution in [2.75, 3.05) is 18.4 Å². The maximum atomic E-state index is 14.5. The number of benzene rings is 1. The van der Waals surface area contributed by atoms with Gasteiger partial charge in [-0.1, -0.05) is 0 Å². The normalized spacial score (nSPS) is 17.1. The molecule has 0 saturated carbocycles. The molecule has 1 fully saturated rings. The van der Waals surface area contributed by atoms with Crippen molar-refractivity contribution in [2.24, 2.45) is 5.10 Å². The summed E-state index contributed by atoms with van der Waals surface area (Å²) in [5.74, 6) is -2.16. The first-order valence-corrected chi connectivity index (χ1v) is 11.8. The van der Waals surface area contributed by atoms with Crippen LogP contribution >= 0.6 is 0 Å². The van der Waals surface area contributed by atoms with Crippen LogP contribution in [0, 0.1) is 31.3 Å². The van der Waals surface area contributed by atoms with Gasteiger partial charge in [-0.2, -0.15) is 10.2 Å². The predicted octanol–water partition coefficient (Wildman–Crippen LogP) is 3.88. The number of aryl methyl sites for hydroxylation is 1. The smallest absolute Gasteiger partial charge is 0.341 e. The van der Waals surface area contributed by atoms with E-state index < -0.39 is 35.6 Å². The summed E-state index contributed by atoms with van der Waals surface area (Å²) in [7, 11) is 0. The maximum absolute atomic E-state index is 14.5. The summed E-state index contributed by atoms with van der Waals surface area (Å²) in [6.45, 7) is 5.20. The number of hydrazone groups is 1. The molecule has 0 spiro atoms. The molecule has 198 valence electrons. The second-order valence-electron chi connectivity index (χ2n) is 9.14. The number of amides is 3. The van der Waals surface area contributed by atoms with Crippen LogP contribution in [0.1, 0.15) is 36.3 Å². The molecule has 3 amide bonds. The zero-order valence-electron chi connectivity index (χ0n) is 20.8. The van der Waals surface area contributed by atoms with E-state index in [9.17, 15) is 22.8 Å². The zero-order valence-corrected chi connectivity index (χ0v) is 20.8. The molecule has 3 aromatic rings. The number of urea groups is 1. The first kappa shape index (κ1) is 25.2. The number of halogens is 3. The molecule has 2 aliphatic heterocycles. The first-order chi connectivity index (χ1) is 18.1. The summed E-state index contributed by atoms with van der Waals surface area (Å²) in [5.41, 5.74) is 2.03. The van der Waals surface area contributed by atoms with Crippen LogP contribution in [0.3, 0.4) is 0 Å². The Morgan fingerprint density at radius 1 is 1.08 bits per heavy atom. The Labute approximate surface area is 215 Å². The van der Waals surface area contributed by atoms with E-state index in [-0.39, 0.29) is 24.7 Å². The van der Waals surface area contributed by atoms with Crippen molar-refractivity contribution in [3.8, 4) is 11.6 Å². The number of pyridine rings is 1. The number of hydrogen-bond donors (Lipinski definition) is 1. The summed E-state index contributed by atoms with van der Waals surface area (Å²) < 4.78 is 49.2. The van der Waals surface area contributed by atoms with Gasteiger partial charge in [0.25, 0.3) is 0 Å². The van der Waals surface area contributed by atoms with E-state index in [4.69, 9.17) is 4.74 Å². The van der Waals surface area contributed by atoms with E-state index in [0.29, 0.717) is 34.9 Å². The number of aromatic nitrogens is 3. The van der Waals surface area contributed by atoms with Crippen LogP contribution in [0.25, 0.3) is 5.82 Å². The lowest BCUT2D eigenvalue weighted by atomic mass is 10.0. The van der Waals surface area contributed by atoms with Crippen molar-refractivity contribution in [2.45, 2.75) is 39.3 Å². The third-order valence-corrected chi connectivity index (χ3v) is 6.32. The monoisotopic (exact) mass is 527 g/mol. The fourth-order valence-corrected chi connectivity index (χ4v) is 4.47. The Bertz CT molecular complexity index is 1430. The second-order valence-corrected chi connectivity index (χ2v) is 9.14. The van der Waals surface area contributed by atoms with Crippen LogP contribution in [-0.2, 0) is 4.79 Å². The molecule has 38 heavy (non-hydrogen) atoms. The third-order valence-electron chi connectivity index (χ3n) is 6.32. The van der Waals surface area contributed by atoms with Crippen molar-refractivity contribution in [1.82, 2.24) is 24.7 Å². The second kappa shape index (κ2) is 9.80. The van der Waals surface area contributed by atoms with Crippen molar-refractivity contribution in [3.63, 3.8) is 0 Å². The van der Waals surface area contributed by atoms with E-state index in [1.165, 1.54) is 45.9 Å². The Morgan fingerprint density at radius 3 is 2.47 bits per heavy atom. The van der Waals surface area contributed by atoms with E-state index >= 15 is 0 Å². The molecule has 1 atom stereocenters. The Hall–Kier alpha value is -4.42. The fraction of sp³-hybridized carbons (Fsp3) is 0.320. The number of anilines is 1. The number of nitrogens with zero attached hydrogens (tertiary/aromatic N) is 6. The van der Waals surface area contributed by atoms with Crippen LogP contribution < -0.4 is 10.1 Å². The highest BCUT2D eigenvalue weighted by atomic mass is 19.1. The molecule has 1 saturated heterocycles. The summed E-state index contributed by atoms with van der Waals surface area (Å²) in [6, 6.07) is 3.44. The number of carbonyl (C=O) groups is 2. The van der Waals surface area contributed by atoms with Gasteiger partial charge in [0, 0.05) is 31.7 Å². The molecule has 0 unspecified atom stereocenters. The molecular weight excluding hydrogens is 503 g/mol. The minimum Gasteiger partial charge on any atom is -0.483 e. The number of nitrogens with one attached hydrogen (secondary N) is 1. The summed E-state index contributed by atoms with van der Waals surface area (Å²) >= 11 is 0. The van der Waals surface area contributed by atoms with Crippen molar-refractivity contribution in [1.29, 1.82) is 0 Å². The lowest BCUT2D eigenvalue weighted by molar-refractivity contribution is -0.114. The largest absolute Gasteiger partial charge is 0.483 e. The van der Waals surface area contributed by atoms with Gasteiger partial charge in [-0.3, -0.25) is 4.79 Å². The number of carbonyl (C=O) groups excluding carboxylic acids is 2. The highest BCUT2D eigenvalue weighted by molar-refractivity contribution is 5.90. The van der Waals surface area contributed by atoms with Gasteiger partial charge >= 0.3 is 6.03 Å². The quantitative estimate of drug-likeness (QED) is 0.543. The van der Waals surface area contributed by atoms with Crippen LogP contribution in [0.2, 0.25) is 0 Å². The Balaban J connectivity index is 1.25. The molecule has 2 aliphatic rings. The van der Waals surface area contributed by atoms with Gasteiger partial charge in [-0.25, -0.2) is 32.6 Å². The molecule has 0 radical (unpaired) electrons. The molecule has 0 bridgehead atoms. The fourth-order valence-electron chi connectivity index (χ4n) is 4.47. The highest BCUT2D eigenvalue weighted by Gasteiger charge is 2.39. The van der Waals surface area contributed by atoms with E-state index in [0.717, 1.165) is 12.3 Å². The maximum Gasteiger partial charge on any atom is 0.341 e. The number of ether oxygens (including phenoxy) is 1. The number of rotatable bonds is 5. The van der Waals surface area contributed by atoms with E-state index in [2.05, 4.69) is 20.5 Å². The first-order valence-electron chi connectivity index (χ1n) is 11.8. The Morgan fingerprint density at radius 2 is 1.79 bits per heavy atom. The van der Waals surface area contributed by atoms with Crippen LogP contribution in [0.5, 0.6) is 5.75 Å². The standard InChI is InChI=1S/C25H24F3N7O3/c1-13-24(31-15(3)36)14(2)34(32-13)23-9-22(20(28)10-29-23)38-19-11-33(12-19)25(37)35-21(4-5-30-35)16-6-17(26)8-18(27)7-16/h5-10,19,21H,4,11-12H2,1-3H3,(H,31,36)/t21-/m0/s1. The lowest BCUT2D eigenvalue weighted by Gasteiger charge is -2.41. The lowest BCUT2D eigenvalue weighted by Crippen LogP contribution is -2.58. The third kappa shape index (κ3) is 4.78. The number of likely N-dealkylation sites (tertiary alicyclic amines) is 1. The van der Waals surface area contributed by atoms with Gasteiger partial charge in [-0.15, -0.1) is 0 Å². The average Bonchev–Trinajstić information content (AvgIpc) is 3.42. The summed E-state index contributed by atoms with van der Waals surface area (Å²) in [4.78, 5) is 30.0. The van der Waals surface area contributed by atoms with Gasteiger partial charge in [-0.05, 0) is 31.5 Å². The molecule has 4 heterocycles. The molecule has 13 heteroatoms. The van der Waals surface area contributed by atoms with Crippen LogP contribution in [0.15, 0.2) is 35.6 Å². The van der Waals surface area contributed by atoms with Crippen LogP contribution in [0.4, 0.5) is 23.7 Å². The molecule has 5 rings (SSSR count).